The van der Waals surface area contributed by atoms with E-state index in [0.717, 1.165) is 79.2 Å². The van der Waals surface area contributed by atoms with Crippen molar-refractivity contribution in [2.75, 3.05) is 36.0 Å². The Balaban J connectivity index is 1.35. The van der Waals surface area contributed by atoms with E-state index >= 15 is 0 Å². The molecule has 3 aliphatic rings. The van der Waals surface area contributed by atoms with Gasteiger partial charge in [-0.05, 0) is 48.9 Å². The first-order valence-electron chi connectivity index (χ1n) is 13.8. The number of rotatable bonds is 7. The number of aromatic nitrogens is 1. The number of piperazine rings is 1. The Hall–Kier alpha value is -3.28. The molecular formula is C29H32N4O5S2. The highest BCUT2D eigenvalue weighted by molar-refractivity contribution is 7.89. The Kier molecular flexibility index (Phi) is 7.37. The number of carboxylic acid groups (broad SMARTS) is 1. The number of anilines is 2. The minimum atomic E-state index is -3.98. The molecule has 11 heteroatoms. The van der Waals surface area contributed by atoms with E-state index in [-0.39, 0.29) is 28.8 Å². The topological polar surface area (TPSA) is 111 Å². The minimum absolute atomic E-state index is 0.0635. The number of carbonyl (C=O) groups is 2. The Morgan fingerprint density at radius 3 is 2.38 bits per heavy atom. The van der Waals surface area contributed by atoms with Gasteiger partial charge in [0.15, 0.2) is 0 Å². The van der Waals surface area contributed by atoms with Crippen LogP contribution < -0.4 is 9.80 Å². The number of sulfonamides is 1. The Morgan fingerprint density at radius 1 is 1.00 bits per heavy atom. The molecule has 6 rings (SSSR count). The molecule has 1 unspecified atom stereocenters. The van der Waals surface area contributed by atoms with Gasteiger partial charge in [-0.1, -0.05) is 49.6 Å². The second-order valence-corrected chi connectivity index (χ2v) is 13.7. The van der Waals surface area contributed by atoms with Gasteiger partial charge in [-0.2, -0.15) is 4.31 Å². The number of aromatic carboxylic acids is 1. The molecule has 1 aromatic carbocycles. The van der Waals surface area contributed by atoms with Crippen molar-refractivity contribution in [2.45, 2.75) is 49.5 Å². The highest BCUT2D eigenvalue weighted by atomic mass is 32.2. The largest absolute Gasteiger partial charge is 0.477 e. The maximum atomic E-state index is 13.9. The van der Waals surface area contributed by atoms with E-state index < -0.39 is 27.9 Å². The van der Waals surface area contributed by atoms with Crippen LogP contribution in [0.1, 0.15) is 48.2 Å². The third kappa shape index (κ3) is 5.02. The van der Waals surface area contributed by atoms with Crippen molar-refractivity contribution in [3.05, 3.63) is 59.6 Å². The zero-order valence-corrected chi connectivity index (χ0v) is 23.7. The van der Waals surface area contributed by atoms with Crippen LogP contribution in [0.3, 0.4) is 0 Å². The summed E-state index contributed by atoms with van der Waals surface area (Å²) >= 11 is 1.14. The summed E-state index contributed by atoms with van der Waals surface area (Å²) in [6, 6.07) is 14.1. The van der Waals surface area contributed by atoms with Crippen molar-refractivity contribution in [1.82, 2.24) is 9.29 Å². The number of carboxylic acids is 1. The second-order valence-electron chi connectivity index (χ2n) is 10.7. The summed E-state index contributed by atoms with van der Waals surface area (Å²) in [5.41, 5.74) is 1.23. The molecule has 9 nitrogen and oxygen atoms in total. The van der Waals surface area contributed by atoms with Crippen molar-refractivity contribution < 1.29 is 23.1 Å². The van der Waals surface area contributed by atoms with Crippen molar-refractivity contribution in [3.8, 4) is 10.4 Å². The summed E-state index contributed by atoms with van der Waals surface area (Å²) in [5.74, 6) is -0.681. The van der Waals surface area contributed by atoms with Crippen molar-refractivity contribution >= 4 is 44.7 Å². The number of nitrogens with zero attached hydrogens (tertiary/aromatic N) is 4. The molecule has 40 heavy (non-hydrogen) atoms. The van der Waals surface area contributed by atoms with Gasteiger partial charge in [0.1, 0.15) is 15.6 Å². The molecule has 210 valence electrons. The highest BCUT2D eigenvalue weighted by Gasteiger charge is 2.44. The van der Waals surface area contributed by atoms with Gasteiger partial charge in [-0.25, -0.2) is 18.2 Å². The standard InChI is InChI=1S/C29H32N4O5S2/c34-27-19-32(40(37,38)22-12-13-26(30-17-22)31-14-7-15-31)18-24(20-8-3-1-4-9-20)33(27)23-16-25(39-28(23)29(35)36)21-10-5-2-6-11-21/h2,5-6,10-13,16-17,20,24H,1,3-4,7-9,14-15,18-19H2,(H,35,36). The van der Waals surface area contributed by atoms with Gasteiger partial charge in [0, 0.05) is 30.7 Å². The fourth-order valence-corrected chi connectivity index (χ4v) is 8.35. The molecule has 2 saturated heterocycles. The summed E-state index contributed by atoms with van der Waals surface area (Å²) in [4.78, 5) is 35.2. The zero-order chi connectivity index (χ0) is 27.9. The third-order valence-corrected chi connectivity index (χ3v) is 11.2. The normalized spacial score (nSPS) is 20.9. The smallest absolute Gasteiger partial charge is 0.348 e. The zero-order valence-electron chi connectivity index (χ0n) is 22.1. The predicted octanol–water partition coefficient (Wildman–Crippen LogP) is 4.70. The molecule has 0 bridgehead atoms. The van der Waals surface area contributed by atoms with Crippen LogP contribution in [0.15, 0.2) is 59.6 Å². The molecule has 2 aromatic heterocycles. The molecule has 1 aliphatic carbocycles. The van der Waals surface area contributed by atoms with Crippen molar-refractivity contribution in [1.29, 1.82) is 0 Å². The van der Waals surface area contributed by atoms with E-state index in [9.17, 15) is 23.1 Å². The molecule has 1 N–H and O–H groups in total. The molecule has 1 saturated carbocycles. The molecule has 0 spiro atoms. The van der Waals surface area contributed by atoms with Gasteiger partial charge in [0.2, 0.25) is 15.9 Å². The van der Waals surface area contributed by atoms with E-state index in [1.54, 1.807) is 23.1 Å². The molecular weight excluding hydrogens is 548 g/mol. The fraction of sp³-hybridized carbons (Fsp3) is 0.414. The Labute approximate surface area is 238 Å². The molecule has 3 aromatic rings. The summed E-state index contributed by atoms with van der Waals surface area (Å²) in [5, 5.41) is 10.1. The summed E-state index contributed by atoms with van der Waals surface area (Å²) in [6.45, 7) is 1.58. The van der Waals surface area contributed by atoms with Gasteiger partial charge < -0.3 is 14.9 Å². The average Bonchev–Trinajstić information content (AvgIpc) is 3.38. The maximum Gasteiger partial charge on any atom is 0.348 e. The first-order valence-corrected chi connectivity index (χ1v) is 16.0. The molecule has 1 amide bonds. The lowest BCUT2D eigenvalue weighted by molar-refractivity contribution is -0.121. The van der Waals surface area contributed by atoms with Gasteiger partial charge >= 0.3 is 5.97 Å². The van der Waals surface area contributed by atoms with Gasteiger partial charge in [-0.3, -0.25) is 4.79 Å². The van der Waals surface area contributed by atoms with Crippen LogP contribution in [-0.2, 0) is 14.8 Å². The summed E-state index contributed by atoms with van der Waals surface area (Å²) in [6.07, 6.45) is 7.31. The SMILES string of the molecule is O=C(O)c1sc(-c2ccccc2)cc1N1C(=O)CN(S(=O)(=O)c2ccc(N3CCC3)nc2)CC1C1CCCCC1. The first-order chi connectivity index (χ1) is 19.3. The van der Waals surface area contributed by atoms with E-state index in [2.05, 4.69) is 9.88 Å². The average molecular weight is 581 g/mol. The van der Waals surface area contributed by atoms with Crippen LogP contribution in [-0.4, -0.2) is 66.9 Å². The number of hydrogen-bond donors (Lipinski definition) is 1. The molecule has 1 atom stereocenters. The monoisotopic (exact) mass is 580 g/mol. The third-order valence-electron chi connectivity index (χ3n) is 8.26. The van der Waals surface area contributed by atoms with E-state index in [1.165, 1.54) is 10.5 Å². The van der Waals surface area contributed by atoms with Crippen LogP contribution in [0.4, 0.5) is 11.5 Å². The number of carbonyl (C=O) groups excluding carboxylic acids is 1. The number of pyridine rings is 1. The molecule has 0 radical (unpaired) electrons. The maximum absolute atomic E-state index is 13.9. The lowest BCUT2D eigenvalue weighted by Gasteiger charge is -2.44. The van der Waals surface area contributed by atoms with Crippen molar-refractivity contribution in [3.63, 3.8) is 0 Å². The fourth-order valence-electron chi connectivity index (χ4n) is 6.01. The predicted molar refractivity (Wildman–Crippen MR) is 154 cm³/mol. The van der Waals surface area contributed by atoms with E-state index in [0.29, 0.717) is 5.69 Å². The summed E-state index contributed by atoms with van der Waals surface area (Å²) in [7, 11) is -3.98. The number of thiophene rings is 1. The van der Waals surface area contributed by atoms with Crippen LogP contribution in [0, 0.1) is 5.92 Å². The van der Waals surface area contributed by atoms with Gasteiger partial charge in [0.05, 0.1) is 18.3 Å². The summed E-state index contributed by atoms with van der Waals surface area (Å²) < 4.78 is 28.7. The van der Waals surface area contributed by atoms with Crippen molar-refractivity contribution in [2.24, 2.45) is 5.92 Å². The quantitative estimate of drug-likeness (QED) is 0.431. The molecule has 4 heterocycles. The Bertz CT molecular complexity index is 1500. The number of amides is 1. The van der Waals surface area contributed by atoms with Crippen LogP contribution in [0.2, 0.25) is 0 Å². The number of hydrogen-bond acceptors (Lipinski definition) is 7. The first kappa shape index (κ1) is 26.9. The van der Waals surface area contributed by atoms with Gasteiger partial charge in [0.25, 0.3) is 0 Å². The second kappa shape index (κ2) is 10.9. The van der Waals surface area contributed by atoms with Gasteiger partial charge in [-0.15, -0.1) is 11.3 Å². The highest BCUT2D eigenvalue weighted by Crippen LogP contribution is 2.42. The van der Waals surface area contributed by atoms with Crippen LogP contribution >= 0.6 is 11.3 Å². The lowest BCUT2D eigenvalue weighted by atomic mass is 9.82. The van der Waals surface area contributed by atoms with Crippen LogP contribution in [0.5, 0.6) is 0 Å². The lowest BCUT2D eigenvalue weighted by Crippen LogP contribution is -2.60. The Morgan fingerprint density at radius 2 is 1.75 bits per heavy atom. The van der Waals surface area contributed by atoms with E-state index in [1.807, 2.05) is 30.3 Å². The van der Waals surface area contributed by atoms with Crippen LogP contribution in [0.25, 0.3) is 10.4 Å². The minimum Gasteiger partial charge on any atom is -0.477 e. The molecule has 3 fully saturated rings. The molecule has 2 aliphatic heterocycles. The van der Waals surface area contributed by atoms with E-state index in [4.69, 9.17) is 0 Å². The number of benzene rings is 1.